The first-order valence-electron chi connectivity index (χ1n) is 9.72. The summed E-state index contributed by atoms with van der Waals surface area (Å²) in [4.78, 5) is 34.4. The van der Waals surface area contributed by atoms with E-state index < -0.39 is 26.8 Å². The Labute approximate surface area is 184 Å². The Morgan fingerprint density at radius 3 is 2.47 bits per heavy atom. The van der Waals surface area contributed by atoms with Gasteiger partial charge in [0.1, 0.15) is 0 Å². The summed E-state index contributed by atoms with van der Waals surface area (Å²) in [6, 6.07) is 11.2. The normalized spacial score (nSPS) is 14.4. The average molecular weight is 459 g/mol. The van der Waals surface area contributed by atoms with E-state index in [1.165, 1.54) is 53.0 Å². The van der Waals surface area contributed by atoms with Gasteiger partial charge in [-0.1, -0.05) is 12.1 Å². The van der Waals surface area contributed by atoms with Gasteiger partial charge < -0.3 is 5.32 Å². The summed E-state index contributed by atoms with van der Waals surface area (Å²) in [7, 11) is -3.56. The summed E-state index contributed by atoms with van der Waals surface area (Å²) < 4.78 is 26.4. The van der Waals surface area contributed by atoms with Crippen molar-refractivity contribution in [1.29, 1.82) is 0 Å². The highest BCUT2D eigenvalue weighted by Gasteiger charge is 2.27. The SMILES string of the molecule is O=C(CNC(=O)c1ccc(S(=O)(=O)N2CCCC2)cc1)NN=Cc1cccc([N+](=O)[O-])c1. The van der Waals surface area contributed by atoms with Gasteiger partial charge in [-0.2, -0.15) is 9.41 Å². The summed E-state index contributed by atoms with van der Waals surface area (Å²) >= 11 is 0. The number of nitrogens with zero attached hydrogens (tertiary/aromatic N) is 3. The fourth-order valence-corrected chi connectivity index (χ4v) is 4.57. The summed E-state index contributed by atoms with van der Waals surface area (Å²) in [5.74, 6) is -1.15. The third-order valence-corrected chi connectivity index (χ3v) is 6.63. The lowest BCUT2D eigenvalue weighted by molar-refractivity contribution is -0.384. The van der Waals surface area contributed by atoms with Crippen LogP contribution in [-0.4, -0.2) is 55.3 Å². The quantitative estimate of drug-likeness (QED) is 0.344. The molecule has 168 valence electrons. The number of benzene rings is 2. The summed E-state index contributed by atoms with van der Waals surface area (Å²) in [6.45, 7) is 0.617. The van der Waals surface area contributed by atoms with Crippen LogP contribution in [0, 0.1) is 10.1 Å². The van der Waals surface area contributed by atoms with Gasteiger partial charge in [0.05, 0.1) is 22.6 Å². The van der Waals surface area contributed by atoms with E-state index in [0.29, 0.717) is 18.7 Å². The van der Waals surface area contributed by atoms with Crippen molar-refractivity contribution in [3.63, 3.8) is 0 Å². The zero-order valence-electron chi connectivity index (χ0n) is 16.9. The topological polar surface area (TPSA) is 151 Å². The Bertz CT molecular complexity index is 1140. The maximum absolute atomic E-state index is 12.5. The molecule has 0 bridgehead atoms. The monoisotopic (exact) mass is 459 g/mol. The molecule has 2 N–H and O–H groups in total. The molecule has 2 aromatic rings. The number of nitrogens with one attached hydrogen (secondary N) is 2. The van der Waals surface area contributed by atoms with Gasteiger partial charge in [0.15, 0.2) is 0 Å². The van der Waals surface area contributed by atoms with Crippen LogP contribution in [0.25, 0.3) is 0 Å². The predicted molar refractivity (Wildman–Crippen MR) is 116 cm³/mol. The molecule has 0 unspecified atom stereocenters. The third-order valence-electron chi connectivity index (χ3n) is 4.71. The largest absolute Gasteiger partial charge is 0.343 e. The van der Waals surface area contributed by atoms with Gasteiger partial charge in [-0.05, 0) is 37.1 Å². The van der Waals surface area contributed by atoms with Gasteiger partial charge in [-0.25, -0.2) is 13.8 Å². The molecule has 1 aliphatic rings. The summed E-state index contributed by atoms with van der Waals surface area (Å²) in [5.41, 5.74) is 2.73. The zero-order valence-corrected chi connectivity index (χ0v) is 17.7. The molecular formula is C20H21N5O6S. The molecule has 0 aromatic heterocycles. The van der Waals surface area contributed by atoms with Gasteiger partial charge in [-0.15, -0.1) is 0 Å². The molecular weight excluding hydrogens is 438 g/mol. The number of rotatable bonds is 8. The molecule has 32 heavy (non-hydrogen) atoms. The third kappa shape index (κ3) is 5.74. The molecule has 11 nitrogen and oxygen atoms in total. The number of hydrogen-bond acceptors (Lipinski definition) is 7. The second-order valence-electron chi connectivity index (χ2n) is 6.96. The molecule has 0 saturated carbocycles. The van der Waals surface area contributed by atoms with Crippen molar-refractivity contribution in [2.24, 2.45) is 5.10 Å². The molecule has 12 heteroatoms. The number of nitro groups is 1. The van der Waals surface area contributed by atoms with Crippen LogP contribution in [-0.2, 0) is 14.8 Å². The number of non-ortho nitro benzene ring substituents is 1. The van der Waals surface area contributed by atoms with E-state index in [4.69, 9.17) is 0 Å². The molecule has 0 spiro atoms. The van der Waals surface area contributed by atoms with Gasteiger partial charge in [0, 0.05) is 36.3 Å². The lowest BCUT2D eigenvalue weighted by atomic mass is 10.2. The van der Waals surface area contributed by atoms with Crippen molar-refractivity contribution < 1.29 is 22.9 Å². The minimum atomic E-state index is -3.56. The van der Waals surface area contributed by atoms with Gasteiger partial charge in [-0.3, -0.25) is 19.7 Å². The Hall–Kier alpha value is -3.64. The Balaban J connectivity index is 1.50. The van der Waals surface area contributed by atoms with E-state index in [2.05, 4.69) is 15.8 Å². The van der Waals surface area contributed by atoms with Crippen LogP contribution in [0.2, 0.25) is 0 Å². The van der Waals surface area contributed by atoms with Crippen molar-refractivity contribution >= 4 is 33.7 Å². The van der Waals surface area contributed by atoms with Crippen molar-refractivity contribution in [3.05, 3.63) is 69.8 Å². The Morgan fingerprint density at radius 1 is 1.12 bits per heavy atom. The second-order valence-corrected chi connectivity index (χ2v) is 8.90. The highest BCUT2D eigenvalue weighted by atomic mass is 32.2. The molecule has 1 aliphatic heterocycles. The fraction of sp³-hybridized carbons (Fsp3) is 0.250. The van der Waals surface area contributed by atoms with E-state index >= 15 is 0 Å². The molecule has 0 radical (unpaired) electrons. The van der Waals surface area contributed by atoms with Crippen molar-refractivity contribution in [3.8, 4) is 0 Å². The molecule has 3 rings (SSSR count). The van der Waals surface area contributed by atoms with E-state index in [9.17, 15) is 28.1 Å². The standard InChI is InChI=1S/C20H21N5O6S/c26-19(23-22-13-15-4-3-5-17(12-15)25(28)29)14-21-20(27)16-6-8-18(9-7-16)32(30,31)24-10-1-2-11-24/h3-9,12-13H,1-2,10-11,14H2,(H,21,27)(H,23,26). The van der Waals surface area contributed by atoms with E-state index in [-0.39, 0.29) is 22.7 Å². The van der Waals surface area contributed by atoms with Crippen molar-refractivity contribution in [2.45, 2.75) is 17.7 Å². The maximum atomic E-state index is 12.5. The molecule has 2 aromatic carbocycles. The lowest BCUT2D eigenvalue weighted by Crippen LogP contribution is -2.35. The number of amides is 2. The van der Waals surface area contributed by atoms with Crippen molar-refractivity contribution in [1.82, 2.24) is 15.0 Å². The van der Waals surface area contributed by atoms with Crippen LogP contribution < -0.4 is 10.7 Å². The number of sulfonamides is 1. The van der Waals surface area contributed by atoms with E-state index in [0.717, 1.165) is 12.8 Å². The van der Waals surface area contributed by atoms with Crippen LogP contribution >= 0.6 is 0 Å². The lowest BCUT2D eigenvalue weighted by Gasteiger charge is -2.15. The predicted octanol–water partition coefficient (Wildman–Crippen LogP) is 1.26. The number of carbonyl (C=O) groups excluding carboxylic acids is 2. The first kappa shape index (κ1) is 23.0. The highest BCUT2D eigenvalue weighted by Crippen LogP contribution is 2.21. The Kier molecular flexibility index (Phi) is 7.28. The minimum Gasteiger partial charge on any atom is -0.343 e. The summed E-state index contributed by atoms with van der Waals surface area (Å²) in [6.07, 6.45) is 2.90. The van der Waals surface area contributed by atoms with Crippen molar-refractivity contribution in [2.75, 3.05) is 19.6 Å². The number of carbonyl (C=O) groups is 2. The molecule has 1 heterocycles. The van der Waals surface area contributed by atoms with E-state index in [1.54, 1.807) is 6.07 Å². The first-order chi connectivity index (χ1) is 15.3. The maximum Gasteiger partial charge on any atom is 0.270 e. The van der Waals surface area contributed by atoms with Gasteiger partial charge in [0.2, 0.25) is 10.0 Å². The van der Waals surface area contributed by atoms with Crippen LogP contribution in [0.4, 0.5) is 5.69 Å². The van der Waals surface area contributed by atoms with Crippen LogP contribution in [0.5, 0.6) is 0 Å². The second kappa shape index (κ2) is 10.1. The van der Waals surface area contributed by atoms with Crippen LogP contribution in [0.3, 0.4) is 0 Å². The first-order valence-corrected chi connectivity index (χ1v) is 11.2. The Morgan fingerprint density at radius 2 is 1.81 bits per heavy atom. The van der Waals surface area contributed by atoms with Crippen LogP contribution in [0.15, 0.2) is 58.5 Å². The molecule has 0 aliphatic carbocycles. The molecule has 1 fully saturated rings. The molecule has 0 atom stereocenters. The van der Waals surface area contributed by atoms with E-state index in [1.807, 2.05) is 0 Å². The summed E-state index contributed by atoms with van der Waals surface area (Å²) in [5, 5.41) is 16.9. The zero-order chi connectivity index (χ0) is 23.1. The smallest absolute Gasteiger partial charge is 0.270 e. The molecule has 1 saturated heterocycles. The van der Waals surface area contributed by atoms with Gasteiger partial charge >= 0.3 is 0 Å². The number of hydrazone groups is 1. The fourth-order valence-electron chi connectivity index (χ4n) is 3.06. The number of hydrogen-bond donors (Lipinski definition) is 2. The van der Waals surface area contributed by atoms with Gasteiger partial charge in [0.25, 0.3) is 17.5 Å². The molecule has 2 amide bonds. The van der Waals surface area contributed by atoms with Crippen LogP contribution in [0.1, 0.15) is 28.8 Å². The average Bonchev–Trinajstić information content (AvgIpc) is 3.34. The highest BCUT2D eigenvalue weighted by molar-refractivity contribution is 7.89. The minimum absolute atomic E-state index is 0.105. The number of nitro benzene ring substituents is 1.